The third-order valence-electron chi connectivity index (χ3n) is 3.78. The standard InChI is InChI=1S/C18H16F3N5O/c1-26-11-13(10-24-26)16-12(3-2-8-22-16)9-23-17(27)25-15-6-4-14(5-7-15)18(19,20)21/h2-8,10-11H,9H2,1H3,(H2,23,25,27). The zero-order chi connectivity index (χ0) is 19.4. The maximum absolute atomic E-state index is 12.6. The van der Waals surface area contributed by atoms with Crippen LogP contribution in [0.15, 0.2) is 55.0 Å². The van der Waals surface area contributed by atoms with Gasteiger partial charge in [-0.3, -0.25) is 9.67 Å². The van der Waals surface area contributed by atoms with Crippen molar-refractivity contribution in [2.75, 3.05) is 5.32 Å². The van der Waals surface area contributed by atoms with Crippen LogP contribution in [0, 0.1) is 0 Å². The lowest BCUT2D eigenvalue weighted by Gasteiger charge is -2.11. The Balaban J connectivity index is 1.63. The average Bonchev–Trinajstić information content (AvgIpc) is 3.06. The molecule has 2 heterocycles. The van der Waals surface area contributed by atoms with Crippen LogP contribution in [0.4, 0.5) is 23.7 Å². The molecule has 0 saturated heterocycles. The van der Waals surface area contributed by atoms with E-state index in [1.165, 1.54) is 12.1 Å². The number of aromatic nitrogens is 3. The Morgan fingerprint density at radius 2 is 1.93 bits per heavy atom. The van der Waals surface area contributed by atoms with Crippen LogP contribution in [0.5, 0.6) is 0 Å². The molecule has 0 radical (unpaired) electrons. The molecule has 0 saturated carbocycles. The van der Waals surface area contributed by atoms with Gasteiger partial charge in [0, 0.05) is 37.2 Å². The van der Waals surface area contributed by atoms with Crippen molar-refractivity contribution >= 4 is 11.7 Å². The number of nitrogens with zero attached hydrogens (tertiary/aromatic N) is 3. The molecule has 0 aliphatic carbocycles. The Hall–Kier alpha value is -3.36. The van der Waals surface area contributed by atoms with Crippen molar-refractivity contribution < 1.29 is 18.0 Å². The van der Waals surface area contributed by atoms with E-state index in [4.69, 9.17) is 0 Å². The van der Waals surface area contributed by atoms with Crippen LogP contribution in [-0.2, 0) is 19.8 Å². The molecule has 9 heteroatoms. The number of amides is 2. The Morgan fingerprint density at radius 3 is 2.56 bits per heavy atom. The summed E-state index contributed by atoms with van der Waals surface area (Å²) in [6, 6.07) is 7.28. The molecule has 2 aromatic heterocycles. The van der Waals surface area contributed by atoms with Crippen LogP contribution in [0.25, 0.3) is 11.3 Å². The van der Waals surface area contributed by atoms with E-state index in [9.17, 15) is 18.0 Å². The maximum Gasteiger partial charge on any atom is 0.416 e. The molecule has 0 spiro atoms. The van der Waals surface area contributed by atoms with Crippen molar-refractivity contribution in [3.63, 3.8) is 0 Å². The van der Waals surface area contributed by atoms with Gasteiger partial charge in [-0.25, -0.2) is 4.79 Å². The van der Waals surface area contributed by atoms with Gasteiger partial charge in [0.2, 0.25) is 0 Å². The molecule has 1 aromatic carbocycles. The minimum atomic E-state index is -4.41. The number of urea groups is 1. The van der Waals surface area contributed by atoms with E-state index in [-0.39, 0.29) is 12.2 Å². The SMILES string of the molecule is Cn1cc(-c2ncccc2CNC(=O)Nc2ccc(C(F)(F)F)cc2)cn1. The van der Waals surface area contributed by atoms with Crippen molar-refractivity contribution in [3.05, 3.63) is 66.1 Å². The molecule has 3 aromatic rings. The van der Waals surface area contributed by atoms with E-state index < -0.39 is 17.8 Å². The van der Waals surface area contributed by atoms with Gasteiger partial charge in [0.25, 0.3) is 0 Å². The van der Waals surface area contributed by atoms with Crippen molar-refractivity contribution in [2.45, 2.75) is 12.7 Å². The fourth-order valence-electron chi connectivity index (χ4n) is 2.48. The van der Waals surface area contributed by atoms with Gasteiger partial charge < -0.3 is 10.6 Å². The van der Waals surface area contributed by atoms with Gasteiger partial charge in [-0.2, -0.15) is 18.3 Å². The van der Waals surface area contributed by atoms with Crippen LogP contribution in [0.2, 0.25) is 0 Å². The largest absolute Gasteiger partial charge is 0.416 e. The molecular formula is C18H16F3N5O. The summed E-state index contributed by atoms with van der Waals surface area (Å²) in [5.74, 6) is 0. The molecule has 27 heavy (non-hydrogen) atoms. The minimum absolute atomic E-state index is 0.199. The number of anilines is 1. The van der Waals surface area contributed by atoms with E-state index >= 15 is 0 Å². The van der Waals surface area contributed by atoms with Gasteiger partial charge in [-0.05, 0) is 35.9 Å². The van der Waals surface area contributed by atoms with Gasteiger partial charge in [0.1, 0.15) is 0 Å². The maximum atomic E-state index is 12.6. The van der Waals surface area contributed by atoms with Crippen molar-refractivity contribution in [3.8, 4) is 11.3 Å². The van der Waals surface area contributed by atoms with Crippen LogP contribution < -0.4 is 10.6 Å². The Labute approximate surface area is 153 Å². The van der Waals surface area contributed by atoms with Crippen LogP contribution in [0.1, 0.15) is 11.1 Å². The smallest absolute Gasteiger partial charge is 0.334 e. The number of pyridine rings is 1. The normalized spacial score (nSPS) is 11.3. The molecule has 0 aliphatic heterocycles. The quantitative estimate of drug-likeness (QED) is 0.728. The molecule has 6 nitrogen and oxygen atoms in total. The molecule has 3 rings (SSSR count). The lowest BCUT2D eigenvalue weighted by molar-refractivity contribution is -0.137. The van der Waals surface area contributed by atoms with E-state index in [1.807, 2.05) is 12.3 Å². The van der Waals surface area contributed by atoms with E-state index in [2.05, 4.69) is 20.7 Å². The third kappa shape index (κ3) is 4.63. The zero-order valence-corrected chi connectivity index (χ0v) is 14.3. The molecular weight excluding hydrogens is 359 g/mol. The van der Waals surface area contributed by atoms with Crippen molar-refractivity contribution in [2.24, 2.45) is 7.05 Å². The van der Waals surface area contributed by atoms with Gasteiger partial charge in [0.15, 0.2) is 0 Å². The topological polar surface area (TPSA) is 71.8 Å². The number of benzene rings is 1. The van der Waals surface area contributed by atoms with Gasteiger partial charge in [-0.1, -0.05) is 6.07 Å². The summed E-state index contributed by atoms with van der Waals surface area (Å²) in [4.78, 5) is 16.4. The number of alkyl halides is 3. The predicted molar refractivity (Wildman–Crippen MR) is 93.7 cm³/mol. The van der Waals surface area contributed by atoms with E-state index in [0.29, 0.717) is 5.69 Å². The highest BCUT2D eigenvalue weighted by atomic mass is 19.4. The third-order valence-corrected chi connectivity index (χ3v) is 3.78. The number of hydrogen-bond acceptors (Lipinski definition) is 3. The summed E-state index contributed by atoms with van der Waals surface area (Å²) in [6.45, 7) is 0.199. The first-order valence-electron chi connectivity index (χ1n) is 7.98. The second-order valence-electron chi connectivity index (χ2n) is 5.80. The minimum Gasteiger partial charge on any atom is -0.334 e. The van der Waals surface area contributed by atoms with Gasteiger partial charge >= 0.3 is 12.2 Å². The fourth-order valence-corrected chi connectivity index (χ4v) is 2.48. The molecule has 0 atom stereocenters. The monoisotopic (exact) mass is 375 g/mol. The van der Waals surface area contributed by atoms with Gasteiger partial charge in [0.05, 0.1) is 17.5 Å². The molecule has 0 fully saturated rings. The summed E-state index contributed by atoms with van der Waals surface area (Å²) in [5, 5.41) is 9.28. The predicted octanol–water partition coefficient (Wildman–Crippen LogP) is 3.82. The Bertz CT molecular complexity index is 935. The number of rotatable bonds is 4. The molecule has 0 unspecified atom stereocenters. The summed E-state index contributed by atoms with van der Waals surface area (Å²) >= 11 is 0. The molecule has 0 aliphatic rings. The second-order valence-corrected chi connectivity index (χ2v) is 5.80. The molecule has 2 N–H and O–H groups in total. The van der Waals surface area contributed by atoms with E-state index in [0.717, 1.165) is 23.3 Å². The summed E-state index contributed by atoms with van der Waals surface area (Å²) in [6.07, 6.45) is 0.722. The highest BCUT2D eigenvalue weighted by Crippen LogP contribution is 2.29. The van der Waals surface area contributed by atoms with Crippen LogP contribution in [0.3, 0.4) is 0 Å². The zero-order valence-electron chi connectivity index (χ0n) is 14.3. The molecule has 2 amide bonds. The second kappa shape index (κ2) is 7.48. The summed E-state index contributed by atoms with van der Waals surface area (Å²) in [5.41, 5.74) is 1.79. The van der Waals surface area contributed by atoms with Crippen LogP contribution >= 0.6 is 0 Å². The number of carbonyl (C=O) groups excluding carboxylic acids is 1. The number of nitrogens with one attached hydrogen (secondary N) is 2. The summed E-state index contributed by atoms with van der Waals surface area (Å²) < 4.78 is 39.3. The average molecular weight is 375 g/mol. The van der Waals surface area contributed by atoms with E-state index in [1.54, 1.807) is 30.2 Å². The number of hydrogen-bond donors (Lipinski definition) is 2. The first-order valence-corrected chi connectivity index (χ1v) is 7.98. The highest BCUT2D eigenvalue weighted by Gasteiger charge is 2.29. The molecule has 0 bridgehead atoms. The first kappa shape index (κ1) is 18.4. The van der Waals surface area contributed by atoms with Crippen molar-refractivity contribution in [1.82, 2.24) is 20.1 Å². The number of aryl methyl sites for hydroxylation is 1. The Kier molecular flexibility index (Phi) is 5.11. The first-order chi connectivity index (χ1) is 12.8. The highest BCUT2D eigenvalue weighted by molar-refractivity contribution is 5.89. The lowest BCUT2D eigenvalue weighted by atomic mass is 10.1. The summed E-state index contributed by atoms with van der Waals surface area (Å²) in [7, 11) is 1.79. The lowest BCUT2D eigenvalue weighted by Crippen LogP contribution is -2.28. The van der Waals surface area contributed by atoms with Crippen molar-refractivity contribution in [1.29, 1.82) is 0 Å². The number of halogens is 3. The Morgan fingerprint density at radius 1 is 1.19 bits per heavy atom. The fraction of sp³-hybridized carbons (Fsp3) is 0.167. The van der Waals surface area contributed by atoms with Gasteiger partial charge in [-0.15, -0.1) is 0 Å². The number of carbonyl (C=O) groups is 1. The molecule has 140 valence electrons. The van der Waals surface area contributed by atoms with Crippen LogP contribution in [-0.4, -0.2) is 20.8 Å².